The predicted octanol–water partition coefficient (Wildman–Crippen LogP) is 4.34. The van der Waals surface area contributed by atoms with Crippen molar-refractivity contribution in [2.75, 3.05) is 0 Å². The largest absolute Gasteiger partial charge is 0.323 e. The molecule has 2 N–H and O–H groups in total. The fourth-order valence-electron chi connectivity index (χ4n) is 2.10. The highest BCUT2D eigenvalue weighted by molar-refractivity contribution is 6.31. The number of hydrogen-bond acceptors (Lipinski definition) is 1. The molecule has 3 nitrogen and oxygen atoms in total. The second-order valence-electron chi connectivity index (χ2n) is 4.35. The van der Waals surface area contributed by atoms with Gasteiger partial charge in [0.05, 0.1) is 11.4 Å². The van der Waals surface area contributed by atoms with Gasteiger partial charge in [-0.3, -0.25) is 0 Å². The first-order valence-electron chi connectivity index (χ1n) is 5.97. The van der Waals surface area contributed by atoms with Crippen LogP contribution in [-0.2, 0) is 0 Å². The monoisotopic (exact) mass is 304 g/mol. The zero-order valence-electron chi connectivity index (χ0n) is 10.3. The second kappa shape index (κ2) is 5.19. The molecule has 0 atom stereocenters. The van der Waals surface area contributed by atoms with Gasteiger partial charge in [-0.25, -0.2) is 4.79 Å². The van der Waals surface area contributed by atoms with E-state index in [1.165, 1.54) is 0 Å². The minimum absolute atomic E-state index is 0.269. The highest BCUT2D eigenvalue weighted by Crippen LogP contribution is 2.30. The minimum atomic E-state index is -0.269. The minimum Gasteiger partial charge on any atom is -0.305 e. The SMILES string of the molecule is O=c1[nH]c(-c2cccc(Cl)c2)c(-c2cccc(Cl)c2)[nH]1. The molecule has 3 rings (SSSR count). The molecule has 0 radical (unpaired) electrons. The molecule has 1 heterocycles. The van der Waals surface area contributed by atoms with E-state index < -0.39 is 0 Å². The quantitative estimate of drug-likeness (QED) is 0.727. The number of H-pyrrole nitrogens is 2. The van der Waals surface area contributed by atoms with Crippen molar-refractivity contribution < 1.29 is 0 Å². The van der Waals surface area contributed by atoms with Crippen molar-refractivity contribution in [1.82, 2.24) is 9.97 Å². The van der Waals surface area contributed by atoms with Gasteiger partial charge in [0.15, 0.2) is 0 Å². The third-order valence-electron chi connectivity index (χ3n) is 2.95. The Bertz CT molecular complexity index is 754. The van der Waals surface area contributed by atoms with Crippen LogP contribution in [0.25, 0.3) is 22.5 Å². The molecule has 2 aromatic carbocycles. The summed E-state index contributed by atoms with van der Waals surface area (Å²) in [6, 6.07) is 14.6. The topological polar surface area (TPSA) is 48.6 Å². The predicted molar refractivity (Wildman–Crippen MR) is 82.3 cm³/mol. The van der Waals surface area contributed by atoms with Crippen LogP contribution in [0, 0.1) is 0 Å². The molecule has 20 heavy (non-hydrogen) atoms. The van der Waals surface area contributed by atoms with Gasteiger partial charge in [0.25, 0.3) is 0 Å². The number of aromatic amines is 2. The van der Waals surface area contributed by atoms with Crippen LogP contribution in [0.1, 0.15) is 0 Å². The molecule has 0 aliphatic carbocycles. The van der Waals surface area contributed by atoms with Crippen molar-refractivity contribution >= 4 is 23.2 Å². The first-order valence-corrected chi connectivity index (χ1v) is 6.73. The Labute approximate surface area is 125 Å². The number of halogens is 2. The summed E-state index contributed by atoms with van der Waals surface area (Å²) in [6.07, 6.45) is 0. The van der Waals surface area contributed by atoms with E-state index in [9.17, 15) is 4.79 Å². The molecule has 0 aliphatic heterocycles. The van der Waals surface area contributed by atoms with Crippen LogP contribution in [0.4, 0.5) is 0 Å². The van der Waals surface area contributed by atoms with Crippen molar-refractivity contribution in [2.24, 2.45) is 0 Å². The lowest BCUT2D eigenvalue weighted by Crippen LogP contribution is -2.00. The van der Waals surface area contributed by atoms with Crippen LogP contribution in [0.15, 0.2) is 53.3 Å². The van der Waals surface area contributed by atoms with Crippen molar-refractivity contribution in [1.29, 1.82) is 0 Å². The summed E-state index contributed by atoms with van der Waals surface area (Å²) in [7, 11) is 0. The molecule has 0 fully saturated rings. The zero-order valence-corrected chi connectivity index (χ0v) is 11.8. The van der Waals surface area contributed by atoms with Gasteiger partial charge in [0, 0.05) is 21.2 Å². The maximum absolute atomic E-state index is 11.7. The Morgan fingerprint density at radius 1 is 0.750 bits per heavy atom. The molecular weight excluding hydrogens is 295 g/mol. The Balaban J connectivity index is 2.21. The molecular formula is C15H10Cl2N2O. The number of rotatable bonds is 2. The summed E-state index contributed by atoms with van der Waals surface area (Å²) in [5.74, 6) is 0. The molecule has 3 aromatic rings. The molecule has 0 spiro atoms. The second-order valence-corrected chi connectivity index (χ2v) is 5.22. The van der Waals surface area contributed by atoms with E-state index in [0.29, 0.717) is 21.4 Å². The summed E-state index contributed by atoms with van der Waals surface area (Å²) >= 11 is 12.0. The number of aromatic nitrogens is 2. The first-order chi connectivity index (χ1) is 9.63. The summed E-state index contributed by atoms with van der Waals surface area (Å²) in [6.45, 7) is 0. The fraction of sp³-hybridized carbons (Fsp3) is 0. The highest BCUT2D eigenvalue weighted by Gasteiger charge is 2.12. The normalized spacial score (nSPS) is 10.7. The van der Waals surface area contributed by atoms with Gasteiger partial charge in [0.1, 0.15) is 0 Å². The lowest BCUT2D eigenvalue weighted by molar-refractivity contribution is 1.19. The molecule has 0 amide bonds. The summed E-state index contributed by atoms with van der Waals surface area (Å²) in [5, 5.41) is 1.23. The zero-order chi connectivity index (χ0) is 14.1. The molecule has 0 saturated carbocycles. The van der Waals surface area contributed by atoms with Gasteiger partial charge in [0.2, 0.25) is 0 Å². The molecule has 0 bridgehead atoms. The van der Waals surface area contributed by atoms with Crippen molar-refractivity contribution in [3.8, 4) is 22.5 Å². The maximum atomic E-state index is 11.7. The van der Waals surface area contributed by atoms with E-state index in [1.54, 1.807) is 24.3 Å². The van der Waals surface area contributed by atoms with E-state index >= 15 is 0 Å². The van der Waals surface area contributed by atoms with Crippen LogP contribution < -0.4 is 5.69 Å². The Morgan fingerprint density at radius 2 is 1.20 bits per heavy atom. The van der Waals surface area contributed by atoms with E-state index in [0.717, 1.165) is 11.1 Å². The van der Waals surface area contributed by atoms with Gasteiger partial charge >= 0.3 is 5.69 Å². The van der Waals surface area contributed by atoms with E-state index in [4.69, 9.17) is 23.2 Å². The van der Waals surface area contributed by atoms with Crippen molar-refractivity contribution in [3.05, 3.63) is 69.1 Å². The molecule has 0 saturated heterocycles. The third kappa shape index (κ3) is 2.50. The maximum Gasteiger partial charge on any atom is 0.323 e. The van der Waals surface area contributed by atoms with Crippen LogP contribution in [0.3, 0.4) is 0 Å². The molecule has 5 heteroatoms. The van der Waals surface area contributed by atoms with Crippen molar-refractivity contribution in [2.45, 2.75) is 0 Å². The van der Waals surface area contributed by atoms with Crippen LogP contribution >= 0.6 is 23.2 Å². The average molecular weight is 305 g/mol. The van der Waals surface area contributed by atoms with Gasteiger partial charge in [-0.2, -0.15) is 0 Å². The van der Waals surface area contributed by atoms with Crippen LogP contribution in [-0.4, -0.2) is 9.97 Å². The number of benzene rings is 2. The van der Waals surface area contributed by atoms with Gasteiger partial charge in [-0.1, -0.05) is 47.5 Å². The summed E-state index contributed by atoms with van der Waals surface area (Å²) in [4.78, 5) is 17.2. The smallest absolute Gasteiger partial charge is 0.305 e. The van der Waals surface area contributed by atoms with Gasteiger partial charge < -0.3 is 9.97 Å². The lowest BCUT2D eigenvalue weighted by Gasteiger charge is -2.04. The van der Waals surface area contributed by atoms with E-state index in [-0.39, 0.29) is 5.69 Å². The number of nitrogens with one attached hydrogen (secondary N) is 2. The number of hydrogen-bond donors (Lipinski definition) is 2. The Kier molecular flexibility index (Phi) is 3.38. The van der Waals surface area contributed by atoms with E-state index in [1.807, 2.05) is 24.3 Å². The highest BCUT2D eigenvalue weighted by atomic mass is 35.5. The molecule has 0 unspecified atom stereocenters. The fourth-order valence-corrected chi connectivity index (χ4v) is 2.48. The van der Waals surface area contributed by atoms with Crippen LogP contribution in [0.2, 0.25) is 10.0 Å². The Hall–Kier alpha value is -1.97. The summed E-state index contributed by atoms with van der Waals surface area (Å²) < 4.78 is 0. The summed E-state index contributed by atoms with van der Waals surface area (Å²) in [5.41, 5.74) is 2.80. The molecule has 1 aromatic heterocycles. The van der Waals surface area contributed by atoms with Crippen molar-refractivity contribution in [3.63, 3.8) is 0 Å². The average Bonchev–Trinajstić information content (AvgIpc) is 2.81. The third-order valence-corrected chi connectivity index (χ3v) is 3.42. The first kappa shape index (κ1) is 13.0. The van der Waals surface area contributed by atoms with Crippen LogP contribution in [0.5, 0.6) is 0 Å². The van der Waals surface area contributed by atoms with E-state index in [2.05, 4.69) is 9.97 Å². The molecule has 100 valence electrons. The lowest BCUT2D eigenvalue weighted by atomic mass is 10.1. The van der Waals surface area contributed by atoms with Gasteiger partial charge in [-0.05, 0) is 24.3 Å². The number of imidazole rings is 1. The van der Waals surface area contributed by atoms with Gasteiger partial charge in [-0.15, -0.1) is 0 Å². The standard InChI is InChI=1S/C15H10Cl2N2O/c16-11-5-1-3-9(7-11)13-14(19-15(20)18-13)10-4-2-6-12(17)8-10/h1-8H,(H2,18,19,20). The Morgan fingerprint density at radius 3 is 1.60 bits per heavy atom. The molecule has 0 aliphatic rings.